The molecule has 0 spiro atoms. The number of anilines is 1. The van der Waals surface area contributed by atoms with E-state index in [9.17, 15) is 28.2 Å². The second-order valence-corrected chi connectivity index (χ2v) is 7.53. The summed E-state index contributed by atoms with van der Waals surface area (Å²) in [6.45, 7) is 0. The zero-order valence-electron chi connectivity index (χ0n) is 16.1. The van der Waals surface area contributed by atoms with Gasteiger partial charge in [0.25, 0.3) is 5.91 Å². The van der Waals surface area contributed by atoms with Gasteiger partial charge in [0.1, 0.15) is 11.5 Å². The minimum atomic E-state index is -4.63. The lowest BCUT2D eigenvalue weighted by molar-refractivity contribution is -0.136. The van der Waals surface area contributed by atoms with Crippen LogP contribution in [-0.4, -0.2) is 26.1 Å². The number of nitrogens with one attached hydrogen (secondary N) is 1. The van der Waals surface area contributed by atoms with E-state index in [0.717, 1.165) is 12.1 Å². The Labute approximate surface area is 189 Å². The van der Waals surface area contributed by atoms with Crippen molar-refractivity contribution in [2.75, 3.05) is 5.32 Å². The van der Waals surface area contributed by atoms with Crippen LogP contribution in [0, 0.1) is 0 Å². The molecular weight excluding hydrogens is 467 g/mol. The molecular formula is C21H15ClF3N3O3S. The van der Waals surface area contributed by atoms with Crippen molar-refractivity contribution in [2.45, 2.75) is 12.6 Å². The number of para-hydroxylation sites is 1. The number of fused-ring (bicyclic) bond motifs is 1. The minimum Gasteiger partial charge on any atom is -0.508 e. The summed E-state index contributed by atoms with van der Waals surface area (Å²) in [6, 6.07) is 8.80. The first-order chi connectivity index (χ1) is 14.7. The van der Waals surface area contributed by atoms with Gasteiger partial charge in [-0.05, 0) is 18.2 Å². The number of halogens is 4. The van der Waals surface area contributed by atoms with E-state index in [1.165, 1.54) is 47.9 Å². The lowest BCUT2D eigenvalue weighted by Gasteiger charge is -2.14. The lowest BCUT2D eigenvalue weighted by atomic mass is 10.00. The SMILES string of the molecule is Cl.O=C(Nc1nccs1)c1cc2cccc(C(F)(F)F)c2nc1Cc1ccc(O)cc1O. The number of nitrogens with zero attached hydrogens (tertiary/aromatic N) is 2. The molecule has 6 nitrogen and oxygen atoms in total. The van der Waals surface area contributed by atoms with Crippen molar-refractivity contribution in [3.05, 3.63) is 76.4 Å². The Hall–Kier alpha value is -3.37. The first-order valence-corrected chi connectivity index (χ1v) is 9.82. The number of alkyl halides is 3. The third-order valence-electron chi connectivity index (χ3n) is 4.55. The van der Waals surface area contributed by atoms with Gasteiger partial charge in [0.15, 0.2) is 5.13 Å². The molecule has 11 heteroatoms. The first kappa shape index (κ1) is 23.3. The van der Waals surface area contributed by atoms with Gasteiger partial charge in [0, 0.05) is 35.0 Å². The molecule has 0 atom stereocenters. The number of rotatable bonds is 4. The van der Waals surface area contributed by atoms with Crippen LogP contribution in [0.15, 0.2) is 54.0 Å². The van der Waals surface area contributed by atoms with E-state index in [1.54, 1.807) is 5.38 Å². The largest absolute Gasteiger partial charge is 0.508 e. The van der Waals surface area contributed by atoms with Crippen molar-refractivity contribution in [2.24, 2.45) is 0 Å². The fourth-order valence-electron chi connectivity index (χ4n) is 3.13. The zero-order chi connectivity index (χ0) is 22.2. The molecule has 4 rings (SSSR count). The maximum atomic E-state index is 13.5. The predicted molar refractivity (Wildman–Crippen MR) is 117 cm³/mol. The van der Waals surface area contributed by atoms with Crippen LogP contribution >= 0.6 is 23.7 Å². The van der Waals surface area contributed by atoms with Crippen molar-refractivity contribution in [1.82, 2.24) is 9.97 Å². The fraction of sp³-hybridized carbons (Fsp3) is 0.0952. The molecule has 166 valence electrons. The number of aromatic nitrogens is 2. The van der Waals surface area contributed by atoms with Crippen molar-refractivity contribution in [3.8, 4) is 11.5 Å². The van der Waals surface area contributed by atoms with E-state index >= 15 is 0 Å². The Morgan fingerprint density at radius 3 is 2.56 bits per heavy atom. The summed E-state index contributed by atoms with van der Waals surface area (Å²) in [5.74, 6) is -1.03. The predicted octanol–water partition coefficient (Wildman–Crippen LogP) is 5.39. The number of benzene rings is 2. The van der Waals surface area contributed by atoms with Crippen molar-refractivity contribution >= 4 is 45.7 Å². The minimum absolute atomic E-state index is 0. The van der Waals surface area contributed by atoms with Gasteiger partial charge in [-0.15, -0.1) is 23.7 Å². The average Bonchev–Trinajstić information content (AvgIpc) is 3.21. The van der Waals surface area contributed by atoms with Crippen LogP contribution in [0.1, 0.15) is 27.2 Å². The number of phenols is 2. The van der Waals surface area contributed by atoms with Gasteiger partial charge in [-0.3, -0.25) is 15.1 Å². The van der Waals surface area contributed by atoms with Gasteiger partial charge in [-0.2, -0.15) is 13.2 Å². The Morgan fingerprint density at radius 1 is 1.12 bits per heavy atom. The highest BCUT2D eigenvalue weighted by Crippen LogP contribution is 2.35. The van der Waals surface area contributed by atoms with Gasteiger partial charge in [0.2, 0.25) is 0 Å². The van der Waals surface area contributed by atoms with Gasteiger partial charge in [0.05, 0.1) is 22.3 Å². The van der Waals surface area contributed by atoms with Gasteiger partial charge < -0.3 is 10.2 Å². The highest BCUT2D eigenvalue weighted by molar-refractivity contribution is 7.13. The molecule has 0 aliphatic heterocycles. The standard InChI is InChI=1S/C21H14F3N3O3S.ClH/c22-21(23,24)15-3-1-2-12-8-14(19(30)27-20-25-6-7-31-20)16(26-18(12)15)9-11-4-5-13(28)10-17(11)29;/h1-8,10,28-29H,9H2,(H,25,27,30);1H. The summed E-state index contributed by atoms with van der Waals surface area (Å²) in [5, 5.41) is 24.3. The summed E-state index contributed by atoms with van der Waals surface area (Å²) >= 11 is 1.19. The molecule has 1 amide bonds. The Morgan fingerprint density at radius 2 is 1.91 bits per heavy atom. The molecule has 0 unspecified atom stereocenters. The van der Waals surface area contributed by atoms with E-state index in [0.29, 0.717) is 5.13 Å². The highest BCUT2D eigenvalue weighted by atomic mass is 35.5. The summed E-state index contributed by atoms with van der Waals surface area (Å²) in [5.41, 5.74) is -0.840. The summed E-state index contributed by atoms with van der Waals surface area (Å²) in [4.78, 5) is 21.0. The number of phenolic OH excluding ortho intramolecular Hbond substituents is 2. The molecule has 0 bridgehead atoms. The molecule has 0 saturated heterocycles. The second kappa shape index (κ2) is 9.01. The topological polar surface area (TPSA) is 95.3 Å². The number of carbonyl (C=O) groups excluding carboxylic acids is 1. The number of pyridine rings is 1. The molecule has 2 aromatic heterocycles. The van der Waals surface area contributed by atoms with E-state index in [-0.39, 0.29) is 58.1 Å². The lowest BCUT2D eigenvalue weighted by Crippen LogP contribution is -2.16. The molecule has 3 N–H and O–H groups in total. The monoisotopic (exact) mass is 481 g/mol. The summed E-state index contributed by atoms with van der Waals surface area (Å²) in [6.07, 6.45) is -3.26. The van der Waals surface area contributed by atoms with Crippen molar-refractivity contribution in [3.63, 3.8) is 0 Å². The number of carbonyl (C=O) groups is 1. The third kappa shape index (κ3) is 4.76. The summed E-state index contributed by atoms with van der Waals surface area (Å²) < 4.78 is 40.5. The third-order valence-corrected chi connectivity index (χ3v) is 5.24. The quantitative estimate of drug-likeness (QED) is 0.363. The van der Waals surface area contributed by atoms with Crippen LogP contribution in [-0.2, 0) is 12.6 Å². The van der Waals surface area contributed by atoms with Crippen LogP contribution in [0.4, 0.5) is 18.3 Å². The molecule has 0 radical (unpaired) electrons. The molecule has 32 heavy (non-hydrogen) atoms. The number of amides is 1. The molecule has 0 aliphatic rings. The van der Waals surface area contributed by atoms with Crippen molar-refractivity contribution < 1.29 is 28.2 Å². The highest BCUT2D eigenvalue weighted by Gasteiger charge is 2.33. The van der Waals surface area contributed by atoms with Gasteiger partial charge >= 0.3 is 6.18 Å². The van der Waals surface area contributed by atoms with E-state index < -0.39 is 17.6 Å². The van der Waals surface area contributed by atoms with E-state index in [2.05, 4.69) is 15.3 Å². The second-order valence-electron chi connectivity index (χ2n) is 6.64. The van der Waals surface area contributed by atoms with E-state index in [1.807, 2.05) is 0 Å². The van der Waals surface area contributed by atoms with E-state index in [4.69, 9.17) is 0 Å². The molecule has 0 aliphatic carbocycles. The van der Waals surface area contributed by atoms with Gasteiger partial charge in [-0.25, -0.2) is 4.98 Å². The normalized spacial score (nSPS) is 11.2. The number of thiazole rings is 1. The first-order valence-electron chi connectivity index (χ1n) is 8.94. The number of hydrogen-bond donors (Lipinski definition) is 3. The molecule has 0 fully saturated rings. The molecule has 2 heterocycles. The average molecular weight is 482 g/mol. The summed E-state index contributed by atoms with van der Waals surface area (Å²) in [7, 11) is 0. The smallest absolute Gasteiger partial charge is 0.418 e. The van der Waals surface area contributed by atoms with Crippen LogP contribution in [0.25, 0.3) is 10.9 Å². The maximum Gasteiger partial charge on any atom is 0.418 e. The van der Waals surface area contributed by atoms with Crippen LogP contribution in [0.3, 0.4) is 0 Å². The number of hydrogen-bond acceptors (Lipinski definition) is 6. The molecule has 4 aromatic rings. The van der Waals surface area contributed by atoms with Crippen LogP contribution in [0.2, 0.25) is 0 Å². The Kier molecular flexibility index (Phi) is 6.56. The van der Waals surface area contributed by atoms with Crippen LogP contribution in [0.5, 0.6) is 11.5 Å². The Balaban J connectivity index is 0.00000289. The van der Waals surface area contributed by atoms with Crippen molar-refractivity contribution in [1.29, 1.82) is 0 Å². The maximum absolute atomic E-state index is 13.5. The van der Waals surface area contributed by atoms with Gasteiger partial charge in [-0.1, -0.05) is 18.2 Å². The Bertz CT molecular complexity index is 1280. The molecule has 0 saturated carbocycles. The number of aromatic hydroxyl groups is 2. The molecule has 2 aromatic carbocycles. The fourth-order valence-corrected chi connectivity index (χ4v) is 3.65. The van der Waals surface area contributed by atoms with Crippen LogP contribution < -0.4 is 5.32 Å². The zero-order valence-corrected chi connectivity index (χ0v) is 17.7.